The molecule has 0 spiro atoms. The van der Waals surface area contributed by atoms with Gasteiger partial charge in [-0.25, -0.2) is 0 Å². The summed E-state index contributed by atoms with van der Waals surface area (Å²) in [7, 11) is 0. The predicted octanol–water partition coefficient (Wildman–Crippen LogP) is 1.89. The predicted molar refractivity (Wildman–Crippen MR) is 95.9 cm³/mol. The molecule has 0 aromatic heterocycles. The number of hydrogen-bond donors (Lipinski definition) is 2. The lowest BCUT2D eigenvalue weighted by Crippen LogP contribution is -2.48. The molecular formula is C20H28N2O3. The second-order valence-corrected chi connectivity index (χ2v) is 7.36. The average molecular weight is 344 g/mol. The van der Waals surface area contributed by atoms with Crippen molar-refractivity contribution in [2.45, 2.75) is 57.1 Å². The van der Waals surface area contributed by atoms with Crippen LogP contribution in [0, 0.1) is 5.92 Å². The lowest BCUT2D eigenvalue weighted by molar-refractivity contribution is -0.135. The van der Waals surface area contributed by atoms with Crippen LogP contribution >= 0.6 is 0 Å². The van der Waals surface area contributed by atoms with E-state index >= 15 is 0 Å². The number of nitrogens with zero attached hydrogens (tertiary/aromatic N) is 1. The van der Waals surface area contributed by atoms with E-state index in [0.717, 1.165) is 50.6 Å². The first-order valence-electron chi connectivity index (χ1n) is 9.42. The number of likely N-dealkylation sites (tertiary alicyclic amines) is 1. The number of hydrogen-bond acceptors (Lipinski definition) is 3. The molecule has 2 aliphatic rings. The lowest BCUT2D eigenvalue weighted by Gasteiger charge is -2.34. The molecule has 2 N–H and O–H groups in total. The zero-order valence-corrected chi connectivity index (χ0v) is 14.7. The van der Waals surface area contributed by atoms with Gasteiger partial charge in [-0.2, -0.15) is 0 Å². The van der Waals surface area contributed by atoms with Crippen LogP contribution in [0.5, 0.6) is 0 Å². The molecule has 1 aliphatic heterocycles. The lowest BCUT2D eigenvalue weighted by atomic mass is 9.91. The molecule has 1 atom stereocenters. The van der Waals surface area contributed by atoms with Crippen molar-refractivity contribution in [2.75, 3.05) is 13.1 Å². The minimum atomic E-state index is -0.214. The van der Waals surface area contributed by atoms with Crippen LogP contribution in [0.1, 0.15) is 44.1 Å². The molecule has 5 nitrogen and oxygen atoms in total. The van der Waals surface area contributed by atoms with Crippen molar-refractivity contribution < 1.29 is 14.7 Å². The highest BCUT2D eigenvalue weighted by molar-refractivity contribution is 5.82. The van der Waals surface area contributed by atoms with Crippen molar-refractivity contribution in [3.05, 3.63) is 35.9 Å². The van der Waals surface area contributed by atoms with Gasteiger partial charge in [0.25, 0.3) is 0 Å². The van der Waals surface area contributed by atoms with Crippen LogP contribution in [-0.2, 0) is 16.0 Å². The quantitative estimate of drug-likeness (QED) is 0.876. The zero-order chi connectivity index (χ0) is 17.6. The third-order valence-corrected chi connectivity index (χ3v) is 5.39. The summed E-state index contributed by atoms with van der Waals surface area (Å²) in [4.78, 5) is 26.9. The summed E-state index contributed by atoms with van der Waals surface area (Å²) in [5.41, 5.74) is 1.01. The van der Waals surface area contributed by atoms with E-state index in [1.54, 1.807) is 0 Å². The van der Waals surface area contributed by atoms with Gasteiger partial charge in [-0.1, -0.05) is 30.3 Å². The van der Waals surface area contributed by atoms with Crippen molar-refractivity contribution in [3.63, 3.8) is 0 Å². The van der Waals surface area contributed by atoms with Gasteiger partial charge in [0, 0.05) is 19.1 Å². The molecule has 1 saturated carbocycles. The third-order valence-electron chi connectivity index (χ3n) is 5.39. The Bertz CT molecular complexity index is 582. The normalized spacial score (nSPS) is 26.9. The van der Waals surface area contributed by atoms with Gasteiger partial charge in [0.2, 0.25) is 11.8 Å². The first kappa shape index (κ1) is 17.9. The Morgan fingerprint density at radius 1 is 1.08 bits per heavy atom. The third kappa shape index (κ3) is 5.05. The molecule has 2 amide bonds. The highest BCUT2D eigenvalue weighted by Crippen LogP contribution is 2.21. The molecule has 25 heavy (non-hydrogen) atoms. The fourth-order valence-electron chi connectivity index (χ4n) is 3.84. The van der Waals surface area contributed by atoms with E-state index in [1.165, 1.54) is 0 Å². The Morgan fingerprint density at radius 3 is 2.52 bits per heavy atom. The summed E-state index contributed by atoms with van der Waals surface area (Å²) in [6.07, 6.45) is 5.11. The zero-order valence-electron chi connectivity index (χ0n) is 14.7. The minimum Gasteiger partial charge on any atom is -0.393 e. The van der Waals surface area contributed by atoms with Crippen LogP contribution in [0.3, 0.4) is 0 Å². The summed E-state index contributed by atoms with van der Waals surface area (Å²) < 4.78 is 0. The van der Waals surface area contributed by atoms with Crippen molar-refractivity contribution in [1.82, 2.24) is 10.2 Å². The second-order valence-electron chi connectivity index (χ2n) is 7.36. The molecule has 5 heteroatoms. The second kappa shape index (κ2) is 8.48. The number of amides is 2. The topological polar surface area (TPSA) is 69.6 Å². The molecule has 1 aromatic rings. The first-order valence-corrected chi connectivity index (χ1v) is 9.42. The minimum absolute atomic E-state index is 0.0681. The highest BCUT2D eigenvalue weighted by Gasteiger charge is 2.30. The molecule has 1 heterocycles. The number of aliphatic hydroxyl groups is 1. The van der Waals surface area contributed by atoms with Gasteiger partial charge in [0.05, 0.1) is 18.4 Å². The Kier molecular flexibility index (Phi) is 6.08. The summed E-state index contributed by atoms with van der Waals surface area (Å²) in [5.74, 6) is 0.0587. The number of carbonyl (C=O) groups excluding carboxylic acids is 2. The first-order chi connectivity index (χ1) is 12.1. The maximum atomic E-state index is 12.6. The smallest absolute Gasteiger partial charge is 0.227 e. The summed E-state index contributed by atoms with van der Waals surface area (Å²) in [5, 5.41) is 12.7. The van der Waals surface area contributed by atoms with E-state index in [4.69, 9.17) is 0 Å². The number of benzene rings is 1. The number of nitrogens with one attached hydrogen (secondary N) is 1. The maximum absolute atomic E-state index is 12.6. The number of carbonyl (C=O) groups is 2. The fourth-order valence-corrected chi connectivity index (χ4v) is 3.84. The van der Waals surface area contributed by atoms with Gasteiger partial charge in [-0.05, 0) is 44.1 Å². The molecular weight excluding hydrogens is 316 g/mol. The monoisotopic (exact) mass is 344 g/mol. The molecule has 1 aromatic carbocycles. The van der Waals surface area contributed by atoms with Crippen LogP contribution in [-0.4, -0.2) is 47.1 Å². The fraction of sp³-hybridized carbons (Fsp3) is 0.600. The standard InChI is InChI=1S/C20H28N2O3/c23-18-10-8-17(9-11-18)21-20(25)16-7-4-12-22(14-16)19(24)13-15-5-2-1-3-6-15/h1-3,5-6,16-18,23H,4,7-14H2,(H,21,25). The molecule has 1 saturated heterocycles. The van der Waals surface area contributed by atoms with E-state index in [9.17, 15) is 14.7 Å². The van der Waals surface area contributed by atoms with Gasteiger partial charge in [-0.15, -0.1) is 0 Å². The Morgan fingerprint density at radius 2 is 1.80 bits per heavy atom. The molecule has 0 bridgehead atoms. The molecule has 1 unspecified atom stereocenters. The molecule has 2 fully saturated rings. The Balaban J connectivity index is 1.50. The van der Waals surface area contributed by atoms with Crippen molar-refractivity contribution in [1.29, 1.82) is 0 Å². The molecule has 3 rings (SSSR count). The van der Waals surface area contributed by atoms with Crippen molar-refractivity contribution in [3.8, 4) is 0 Å². The van der Waals surface area contributed by atoms with Gasteiger partial charge in [-0.3, -0.25) is 9.59 Å². The van der Waals surface area contributed by atoms with Gasteiger partial charge in [0.1, 0.15) is 0 Å². The molecule has 0 radical (unpaired) electrons. The van der Waals surface area contributed by atoms with E-state index in [2.05, 4.69) is 5.32 Å². The van der Waals surface area contributed by atoms with E-state index < -0.39 is 0 Å². The van der Waals surface area contributed by atoms with Gasteiger partial charge in [0.15, 0.2) is 0 Å². The summed E-state index contributed by atoms with van der Waals surface area (Å²) in [6.45, 7) is 1.26. The Labute approximate surface area is 149 Å². The van der Waals surface area contributed by atoms with Crippen molar-refractivity contribution in [2.24, 2.45) is 5.92 Å². The van der Waals surface area contributed by atoms with E-state index in [-0.39, 0.29) is 29.9 Å². The molecule has 136 valence electrons. The van der Waals surface area contributed by atoms with Crippen LogP contribution in [0.15, 0.2) is 30.3 Å². The average Bonchev–Trinajstić information content (AvgIpc) is 2.64. The Hall–Kier alpha value is -1.88. The van der Waals surface area contributed by atoms with Crippen LogP contribution < -0.4 is 5.32 Å². The van der Waals surface area contributed by atoms with E-state index in [1.807, 2.05) is 35.2 Å². The number of rotatable bonds is 4. The van der Waals surface area contributed by atoms with Crippen LogP contribution in [0.4, 0.5) is 0 Å². The largest absolute Gasteiger partial charge is 0.393 e. The summed E-state index contributed by atoms with van der Waals surface area (Å²) >= 11 is 0. The van der Waals surface area contributed by atoms with Gasteiger partial charge >= 0.3 is 0 Å². The van der Waals surface area contributed by atoms with Crippen molar-refractivity contribution >= 4 is 11.8 Å². The SMILES string of the molecule is O=C(NC1CCC(O)CC1)C1CCCN(C(=O)Cc2ccccc2)C1. The van der Waals surface area contributed by atoms with Gasteiger partial charge < -0.3 is 15.3 Å². The van der Waals surface area contributed by atoms with Crippen LogP contribution in [0.2, 0.25) is 0 Å². The number of piperidine rings is 1. The maximum Gasteiger partial charge on any atom is 0.227 e. The highest BCUT2D eigenvalue weighted by atomic mass is 16.3. The summed E-state index contributed by atoms with van der Waals surface area (Å²) in [6, 6.07) is 9.92. The molecule has 1 aliphatic carbocycles. The van der Waals surface area contributed by atoms with Crippen LogP contribution in [0.25, 0.3) is 0 Å². The number of aliphatic hydroxyl groups excluding tert-OH is 1. The van der Waals surface area contributed by atoms with E-state index in [0.29, 0.717) is 13.0 Å².